The Morgan fingerprint density at radius 3 is 2.35 bits per heavy atom. The number of aliphatic hydroxyl groups is 1. The second-order valence-electron chi connectivity index (χ2n) is 3.79. The first-order valence-electron chi connectivity index (χ1n) is 5.41. The van der Waals surface area contributed by atoms with Crippen molar-refractivity contribution in [3.05, 3.63) is 70.2 Å². The number of benzene rings is 2. The molecule has 1 nitrogen and oxygen atoms in total. The summed E-state index contributed by atoms with van der Waals surface area (Å²) in [6.45, 7) is 0.0720. The summed E-state index contributed by atoms with van der Waals surface area (Å²) in [7, 11) is 0. The van der Waals surface area contributed by atoms with E-state index in [0.29, 0.717) is 0 Å². The summed E-state index contributed by atoms with van der Waals surface area (Å²) in [5.74, 6) is 0. The highest BCUT2D eigenvalue weighted by atomic mass is 35.5. The highest BCUT2D eigenvalue weighted by molar-refractivity contribution is 6.30. The van der Waals surface area contributed by atoms with E-state index >= 15 is 0 Å². The van der Waals surface area contributed by atoms with Gasteiger partial charge in [-0.05, 0) is 34.9 Å². The van der Waals surface area contributed by atoms with E-state index in [1.165, 1.54) is 0 Å². The van der Waals surface area contributed by atoms with Gasteiger partial charge >= 0.3 is 0 Å². The zero-order valence-corrected chi connectivity index (χ0v) is 10.1. The molecule has 0 heterocycles. The van der Waals surface area contributed by atoms with Crippen LogP contribution in [0.15, 0.2) is 48.5 Å². The molecule has 2 aromatic carbocycles. The van der Waals surface area contributed by atoms with Gasteiger partial charge in [0.25, 0.3) is 0 Å². The largest absolute Gasteiger partial charge is 0.392 e. The van der Waals surface area contributed by atoms with Gasteiger partial charge in [-0.2, -0.15) is 0 Å². The summed E-state index contributed by atoms with van der Waals surface area (Å²) in [5, 5.41) is 9.78. The first kappa shape index (κ1) is 11.9. The van der Waals surface area contributed by atoms with Crippen LogP contribution in [0.25, 0.3) is 12.2 Å². The van der Waals surface area contributed by atoms with Gasteiger partial charge in [-0.25, -0.2) is 0 Å². The minimum atomic E-state index is 0.0720. The fraction of sp³-hybridized carbons (Fsp3) is 0.0667. The Morgan fingerprint density at radius 2 is 1.65 bits per heavy atom. The van der Waals surface area contributed by atoms with Crippen LogP contribution in [0.2, 0.25) is 5.02 Å². The Bertz CT molecular complexity index is 515. The van der Waals surface area contributed by atoms with Crippen molar-refractivity contribution in [2.45, 2.75) is 6.61 Å². The minimum absolute atomic E-state index is 0.0720. The number of halogens is 1. The summed E-state index contributed by atoms with van der Waals surface area (Å²) in [6, 6.07) is 15.5. The summed E-state index contributed by atoms with van der Waals surface area (Å²) >= 11 is 5.82. The summed E-state index contributed by atoms with van der Waals surface area (Å²) in [4.78, 5) is 0. The minimum Gasteiger partial charge on any atom is -0.392 e. The molecule has 17 heavy (non-hydrogen) atoms. The maximum Gasteiger partial charge on any atom is 0.0682 e. The van der Waals surface area contributed by atoms with Gasteiger partial charge < -0.3 is 5.11 Å². The van der Waals surface area contributed by atoms with Gasteiger partial charge in [0.2, 0.25) is 0 Å². The molecule has 0 aliphatic heterocycles. The Kier molecular flexibility index (Phi) is 3.97. The SMILES string of the molecule is OCc1cccc(/C=C/c2ccc(Cl)cc2)c1. The van der Waals surface area contributed by atoms with E-state index in [1.807, 2.05) is 60.7 Å². The molecule has 0 atom stereocenters. The van der Waals surface area contributed by atoms with Crippen LogP contribution < -0.4 is 0 Å². The lowest BCUT2D eigenvalue weighted by atomic mass is 10.1. The lowest BCUT2D eigenvalue weighted by Gasteiger charge is -1.98. The van der Waals surface area contributed by atoms with Crippen LogP contribution in [-0.2, 0) is 6.61 Å². The van der Waals surface area contributed by atoms with Gasteiger partial charge in [-0.3, -0.25) is 0 Å². The van der Waals surface area contributed by atoms with Gasteiger partial charge in [-0.15, -0.1) is 0 Å². The van der Waals surface area contributed by atoms with Crippen molar-refractivity contribution in [3.8, 4) is 0 Å². The number of rotatable bonds is 3. The Morgan fingerprint density at radius 1 is 0.941 bits per heavy atom. The van der Waals surface area contributed by atoms with E-state index in [-0.39, 0.29) is 6.61 Å². The van der Waals surface area contributed by atoms with Crippen LogP contribution in [0.3, 0.4) is 0 Å². The van der Waals surface area contributed by atoms with Crippen LogP contribution in [0.1, 0.15) is 16.7 Å². The Labute approximate surface area is 106 Å². The van der Waals surface area contributed by atoms with Crippen LogP contribution in [0, 0.1) is 0 Å². The molecule has 0 aliphatic carbocycles. The predicted octanol–water partition coefficient (Wildman–Crippen LogP) is 4.00. The van der Waals surface area contributed by atoms with Crippen molar-refractivity contribution in [1.82, 2.24) is 0 Å². The summed E-state index contributed by atoms with van der Waals surface area (Å²) in [6.07, 6.45) is 4.04. The standard InChI is InChI=1S/C15H13ClO/c16-15-8-6-12(7-9-15)4-5-13-2-1-3-14(10-13)11-17/h1-10,17H,11H2/b5-4+. The number of hydrogen-bond acceptors (Lipinski definition) is 1. The normalized spacial score (nSPS) is 10.9. The molecule has 2 rings (SSSR count). The van der Waals surface area contributed by atoms with Crippen molar-refractivity contribution in [3.63, 3.8) is 0 Å². The van der Waals surface area contributed by atoms with E-state index in [1.54, 1.807) is 0 Å². The highest BCUT2D eigenvalue weighted by Gasteiger charge is 1.92. The van der Waals surface area contributed by atoms with Crippen molar-refractivity contribution in [2.24, 2.45) is 0 Å². The fourth-order valence-corrected chi connectivity index (χ4v) is 1.69. The lowest BCUT2D eigenvalue weighted by Crippen LogP contribution is -1.82. The maximum atomic E-state index is 9.04. The lowest BCUT2D eigenvalue weighted by molar-refractivity contribution is 0.282. The second kappa shape index (κ2) is 5.67. The molecule has 0 aromatic heterocycles. The molecule has 2 heteroatoms. The molecule has 0 spiro atoms. The summed E-state index contributed by atoms with van der Waals surface area (Å²) < 4.78 is 0. The fourth-order valence-electron chi connectivity index (χ4n) is 1.56. The molecule has 0 fully saturated rings. The van der Waals surface area contributed by atoms with Crippen molar-refractivity contribution in [2.75, 3.05) is 0 Å². The van der Waals surface area contributed by atoms with Crippen molar-refractivity contribution < 1.29 is 5.11 Å². The first-order valence-corrected chi connectivity index (χ1v) is 5.79. The van der Waals surface area contributed by atoms with Gasteiger partial charge in [-0.1, -0.05) is 54.1 Å². The summed E-state index contributed by atoms with van der Waals surface area (Å²) in [5.41, 5.74) is 3.10. The highest BCUT2D eigenvalue weighted by Crippen LogP contribution is 2.13. The van der Waals surface area contributed by atoms with E-state index in [2.05, 4.69) is 0 Å². The monoisotopic (exact) mass is 244 g/mol. The zero-order chi connectivity index (χ0) is 12.1. The van der Waals surface area contributed by atoms with Crippen molar-refractivity contribution >= 4 is 23.8 Å². The van der Waals surface area contributed by atoms with E-state index in [9.17, 15) is 0 Å². The third-order valence-corrected chi connectivity index (χ3v) is 2.72. The molecule has 0 saturated heterocycles. The molecule has 0 amide bonds. The molecule has 0 saturated carbocycles. The van der Waals surface area contributed by atoms with Crippen LogP contribution in [-0.4, -0.2) is 5.11 Å². The molecular weight excluding hydrogens is 232 g/mol. The maximum absolute atomic E-state index is 9.04. The molecular formula is C15H13ClO. The second-order valence-corrected chi connectivity index (χ2v) is 4.22. The molecule has 0 bridgehead atoms. The molecule has 0 radical (unpaired) electrons. The van der Waals surface area contributed by atoms with E-state index < -0.39 is 0 Å². The molecule has 0 aliphatic rings. The average Bonchev–Trinajstić information content (AvgIpc) is 2.38. The van der Waals surface area contributed by atoms with Crippen LogP contribution in [0.5, 0.6) is 0 Å². The Balaban J connectivity index is 2.16. The van der Waals surface area contributed by atoms with Crippen LogP contribution >= 0.6 is 11.6 Å². The van der Waals surface area contributed by atoms with Crippen molar-refractivity contribution in [1.29, 1.82) is 0 Å². The first-order chi connectivity index (χ1) is 8.28. The predicted molar refractivity (Wildman–Crippen MR) is 72.7 cm³/mol. The third-order valence-electron chi connectivity index (χ3n) is 2.47. The Hall–Kier alpha value is -1.57. The topological polar surface area (TPSA) is 20.2 Å². The number of aliphatic hydroxyl groups excluding tert-OH is 1. The molecule has 0 unspecified atom stereocenters. The third kappa shape index (κ3) is 3.45. The average molecular weight is 245 g/mol. The molecule has 2 aromatic rings. The quantitative estimate of drug-likeness (QED) is 0.809. The van der Waals surface area contributed by atoms with Crippen LogP contribution in [0.4, 0.5) is 0 Å². The van der Waals surface area contributed by atoms with Gasteiger partial charge in [0.05, 0.1) is 6.61 Å². The number of hydrogen-bond donors (Lipinski definition) is 1. The van der Waals surface area contributed by atoms with Gasteiger partial charge in [0, 0.05) is 5.02 Å². The van der Waals surface area contributed by atoms with E-state index in [4.69, 9.17) is 16.7 Å². The van der Waals surface area contributed by atoms with E-state index in [0.717, 1.165) is 21.7 Å². The molecule has 1 N–H and O–H groups in total. The molecule has 86 valence electrons. The van der Waals surface area contributed by atoms with Gasteiger partial charge in [0.1, 0.15) is 0 Å². The zero-order valence-electron chi connectivity index (χ0n) is 9.31. The van der Waals surface area contributed by atoms with Gasteiger partial charge in [0.15, 0.2) is 0 Å². The smallest absolute Gasteiger partial charge is 0.0682 e.